The first-order valence-corrected chi connectivity index (χ1v) is 6.58. The lowest BCUT2D eigenvalue weighted by Crippen LogP contribution is -2.30. The highest BCUT2D eigenvalue weighted by atomic mass is 16.5. The van der Waals surface area contributed by atoms with E-state index in [1.807, 2.05) is 0 Å². The Labute approximate surface area is 117 Å². The van der Waals surface area contributed by atoms with Crippen LogP contribution >= 0.6 is 0 Å². The number of carbonyl (C=O) groups is 2. The van der Waals surface area contributed by atoms with Crippen LogP contribution in [0.5, 0.6) is 0 Å². The number of aryl methyl sites for hydroxylation is 1. The molecule has 1 aliphatic rings. The molecule has 2 amide bonds. The molecule has 0 aromatic heterocycles. The molecule has 0 saturated carbocycles. The minimum atomic E-state index is -0.515. The van der Waals surface area contributed by atoms with E-state index in [2.05, 4.69) is 5.32 Å². The summed E-state index contributed by atoms with van der Waals surface area (Å²) in [5, 5.41) is 2.74. The molecule has 0 spiro atoms. The van der Waals surface area contributed by atoms with Gasteiger partial charge < -0.3 is 21.5 Å². The normalized spacial score (nSPS) is 21.7. The van der Waals surface area contributed by atoms with Crippen molar-refractivity contribution in [2.24, 2.45) is 11.5 Å². The van der Waals surface area contributed by atoms with Gasteiger partial charge in [0.25, 0.3) is 5.91 Å². The lowest BCUT2D eigenvalue weighted by atomic mass is 10.1. The number of benzene rings is 1. The largest absolute Gasteiger partial charge is 0.366 e. The number of nitrogens with one attached hydrogen (secondary N) is 1. The van der Waals surface area contributed by atoms with Crippen LogP contribution in [0.3, 0.4) is 0 Å². The number of primary amides is 1. The van der Waals surface area contributed by atoms with Crippen LogP contribution in [0.15, 0.2) is 18.2 Å². The molecule has 0 bridgehead atoms. The van der Waals surface area contributed by atoms with Gasteiger partial charge >= 0.3 is 0 Å². The van der Waals surface area contributed by atoms with Gasteiger partial charge in [0.1, 0.15) is 6.10 Å². The van der Waals surface area contributed by atoms with Gasteiger partial charge in [0.05, 0.1) is 6.10 Å². The van der Waals surface area contributed by atoms with Gasteiger partial charge in [-0.3, -0.25) is 9.59 Å². The topological polar surface area (TPSA) is 107 Å². The van der Waals surface area contributed by atoms with Crippen molar-refractivity contribution in [1.29, 1.82) is 0 Å². The Morgan fingerprint density at radius 2 is 2.15 bits per heavy atom. The molecule has 1 aromatic carbocycles. The van der Waals surface area contributed by atoms with Gasteiger partial charge in [-0.1, -0.05) is 6.07 Å². The van der Waals surface area contributed by atoms with Crippen LogP contribution in [0.25, 0.3) is 0 Å². The van der Waals surface area contributed by atoms with E-state index in [0.717, 1.165) is 12.0 Å². The van der Waals surface area contributed by atoms with Crippen molar-refractivity contribution in [2.75, 3.05) is 11.9 Å². The summed E-state index contributed by atoms with van der Waals surface area (Å²) in [7, 11) is 0. The molecule has 5 N–H and O–H groups in total. The van der Waals surface area contributed by atoms with E-state index >= 15 is 0 Å². The maximum absolute atomic E-state index is 12.0. The van der Waals surface area contributed by atoms with Gasteiger partial charge in [-0.2, -0.15) is 0 Å². The molecule has 0 aliphatic carbocycles. The highest BCUT2D eigenvalue weighted by Crippen LogP contribution is 2.21. The molecule has 2 rings (SSSR count). The Morgan fingerprint density at radius 3 is 2.75 bits per heavy atom. The Morgan fingerprint density at radius 1 is 1.40 bits per heavy atom. The number of anilines is 1. The van der Waals surface area contributed by atoms with Crippen molar-refractivity contribution in [2.45, 2.75) is 32.0 Å². The predicted octanol–water partition coefficient (Wildman–Crippen LogP) is 0.539. The van der Waals surface area contributed by atoms with Crippen molar-refractivity contribution < 1.29 is 14.3 Å². The number of hydrogen-bond donors (Lipinski definition) is 3. The maximum atomic E-state index is 12.0. The summed E-state index contributed by atoms with van der Waals surface area (Å²) in [4.78, 5) is 23.3. The van der Waals surface area contributed by atoms with E-state index < -0.39 is 12.0 Å². The van der Waals surface area contributed by atoms with Crippen molar-refractivity contribution in [1.82, 2.24) is 0 Å². The van der Waals surface area contributed by atoms with Crippen LogP contribution < -0.4 is 16.8 Å². The molecule has 0 radical (unpaired) electrons. The third-order valence-corrected chi connectivity index (χ3v) is 3.43. The molecular weight excluding hydrogens is 258 g/mol. The first-order chi connectivity index (χ1) is 9.51. The monoisotopic (exact) mass is 277 g/mol. The summed E-state index contributed by atoms with van der Waals surface area (Å²) < 4.78 is 5.52. The lowest BCUT2D eigenvalue weighted by molar-refractivity contribution is -0.126. The average Bonchev–Trinajstić information content (AvgIpc) is 2.89. The number of rotatable bonds is 4. The molecule has 1 aliphatic heterocycles. The van der Waals surface area contributed by atoms with E-state index in [1.54, 1.807) is 25.1 Å². The van der Waals surface area contributed by atoms with Gasteiger partial charge in [0.2, 0.25) is 5.91 Å². The molecule has 1 heterocycles. The number of amides is 2. The van der Waals surface area contributed by atoms with Crippen molar-refractivity contribution >= 4 is 17.5 Å². The molecule has 1 aromatic rings. The Balaban J connectivity index is 2.05. The first-order valence-electron chi connectivity index (χ1n) is 6.58. The number of carbonyl (C=O) groups excluding carboxylic acids is 2. The Bertz CT molecular complexity index is 530. The summed E-state index contributed by atoms with van der Waals surface area (Å²) >= 11 is 0. The molecule has 1 saturated heterocycles. The van der Waals surface area contributed by atoms with Gasteiger partial charge in [-0.05, 0) is 37.5 Å². The zero-order chi connectivity index (χ0) is 14.7. The van der Waals surface area contributed by atoms with Gasteiger partial charge in [0, 0.05) is 17.8 Å². The molecule has 2 atom stereocenters. The van der Waals surface area contributed by atoms with E-state index in [0.29, 0.717) is 24.2 Å². The van der Waals surface area contributed by atoms with Crippen LogP contribution in [-0.2, 0) is 9.53 Å². The molecule has 20 heavy (non-hydrogen) atoms. The summed E-state index contributed by atoms with van der Waals surface area (Å²) in [6.45, 7) is 2.21. The molecular formula is C14H19N3O3. The zero-order valence-corrected chi connectivity index (χ0v) is 11.4. The Kier molecular flexibility index (Phi) is 4.36. The van der Waals surface area contributed by atoms with Crippen molar-refractivity contribution in [3.63, 3.8) is 0 Å². The van der Waals surface area contributed by atoms with Crippen molar-refractivity contribution in [3.05, 3.63) is 29.3 Å². The number of ether oxygens (including phenoxy) is 1. The fourth-order valence-electron chi connectivity index (χ4n) is 2.26. The minimum absolute atomic E-state index is 0.0510. The minimum Gasteiger partial charge on any atom is -0.366 e. The molecule has 1 fully saturated rings. The van der Waals surface area contributed by atoms with Gasteiger partial charge in [-0.15, -0.1) is 0 Å². The van der Waals surface area contributed by atoms with E-state index in [4.69, 9.17) is 16.2 Å². The highest BCUT2D eigenvalue weighted by Gasteiger charge is 2.29. The van der Waals surface area contributed by atoms with Crippen LogP contribution in [-0.4, -0.2) is 30.6 Å². The summed E-state index contributed by atoms with van der Waals surface area (Å²) in [5.74, 6) is -0.737. The second-order valence-electron chi connectivity index (χ2n) is 4.94. The number of hydrogen-bond acceptors (Lipinski definition) is 4. The maximum Gasteiger partial charge on any atom is 0.253 e. The molecule has 6 nitrogen and oxygen atoms in total. The molecule has 0 unspecified atom stereocenters. The standard InChI is InChI=1S/C14H19N3O3/c1-8-2-3-9(6-11(8)13(16)18)17-14(19)12-5-4-10(7-15)20-12/h2-3,6,10,12H,4-5,7,15H2,1H3,(H2,16,18)(H,17,19)/t10-,12+/m1/s1. The third kappa shape index (κ3) is 3.15. The van der Waals surface area contributed by atoms with Gasteiger partial charge in [0.15, 0.2) is 0 Å². The lowest BCUT2D eigenvalue weighted by Gasteiger charge is -2.13. The summed E-state index contributed by atoms with van der Waals surface area (Å²) in [6.07, 6.45) is 0.906. The summed E-state index contributed by atoms with van der Waals surface area (Å²) in [6, 6.07) is 5.05. The van der Waals surface area contributed by atoms with E-state index in [-0.39, 0.29) is 12.0 Å². The smallest absolute Gasteiger partial charge is 0.253 e. The Hall–Kier alpha value is -1.92. The molecule has 108 valence electrons. The summed E-state index contributed by atoms with van der Waals surface area (Å²) in [5.41, 5.74) is 12.5. The first kappa shape index (κ1) is 14.5. The van der Waals surface area contributed by atoms with Crippen LogP contribution in [0.1, 0.15) is 28.8 Å². The van der Waals surface area contributed by atoms with E-state index in [9.17, 15) is 9.59 Å². The van der Waals surface area contributed by atoms with Crippen LogP contribution in [0.4, 0.5) is 5.69 Å². The second-order valence-corrected chi connectivity index (χ2v) is 4.94. The van der Waals surface area contributed by atoms with Crippen LogP contribution in [0.2, 0.25) is 0 Å². The number of nitrogens with two attached hydrogens (primary N) is 2. The fourth-order valence-corrected chi connectivity index (χ4v) is 2.26. The predicted molar refractivity (Wildman–Crippen MR) is 75.3 cm³/mol. The second kappa shape index (κ2) is 6.02. The third-order valence-electron chi connectivity index (χ3n) is 3.43. The fraction of sp³-hybridized carbons (Fsp3) is 0.429. The zero-order valence-electron chi connectivity index (χ0n) is 11.4. The van der Waals surface area contributed by atoms with Crippen molar-refractivity contribution in [3.8, 4) is 0 Å². The highest BCUT2D eigenvalue weighted by molar-refractivity contribution is 5.98. The SMILES string of the molecule is Cc1ccc(NC(=O)[C@@H]2CC[C@H](CN)O2)cc1C(N)=O. The van der Waals surface area contributed by atoms with E-state index in [1.165, 1.54) is 0 Å². The van der Waals surface area contributed by atoms with Crippen LogP contribution in [0, 0.1) is 6.92 Å². The average molecular weight is 277 g/mol. The van der Waals surface area contributed by atoms with Gasteiger partial charge in [-0.25, -0.2) is 0 Å². The quantitative estimate of drug-likeness (QED) is 0.746. The molecule has 6 heteroatoms.